The molecule has 222 valence electrons. The number of likely N-dealkylation sites (tertiary alicyclic amines) is 1. The average Bonchev–Trinajstić information content (AvgIpc) is 3.45. The number of hydrogen-bond donors (Lipinski definition) is 2. The lowest BCUT2D eigenvalue weighted by Crippen LogP contribution is -2.42. The van der Waals surface area contributed by atoms with Crippen LogP contribution in [0.3, 0.4) is 0 Å². The Kier molecular flexibility index (Phi) is 8.33. The number of aromatic nitrogens is 2. The van der Waals surface area contributed by atoms with Crippen molar-refractivity contribution in [2.45, 2.75) is 50.6 Å². The van der Waals surface area contributed by atoms with Gasteiger partial charge >= 0.3 is 12.1 Å². The fourth-order valence-electron chi connectivity index (χ4n) is 5.79. The van der Waals surface area contributed by atoms with Crippen LogP contribution in [-0.2, 0) is 15.8 Å². The molecule has 1 saturated heterocycles. The van der Waals surface area contributed by atoms with E-state index >= 15 is 0 Å². The van der Waals surface area contributed by atoms with Gasteiger partial charge in [-0.05, 0) is 86.4 Å². The summed E-state index contributed by atoms with van der Waals surface area (Å²) in [7, 11) is 0. The SMILES string of the molecule is O=C(Nc1ccc(C2CCN(C(=O)[C@H]3CC[C@@H](C(=O)O)CC3)CC2)cc1)c1cn(-c2ccc(F)cc2)nc1C(F)(F)F. The van der Waals surface area contributed by atoms with Gasteiger partial charge in [0, 0.05) is 30.9 Å². The average molecular weight is 587 g/mol. The van der Waals surface area contributed by atoms with Crippen molar-refractivity contribution in [2.24, 2.45) is 11.8 Å². The molecule has 2 aromatic carbocycles. The molecule has 0 atom stereocenters. The Labute approximate surface area is 239 Å². The van der Waals surface area contributed by atoms with Crippen LogP contribution in [-0.4, -0.2) is 50.7 Å². The predicted molar refractivity (Wildman–Crippen MR) is 145 cm³/mol. The van der Waals surface area contributed by atoms with Crippen molar-refractivity contribution in [1.82, 2.24) is 14.7 Å². The fraction of sp³-hybridized carbons (Fsp3) is 0.400. The first-order valence-electron chi connectivity index (χ1n) is 13.9. The van der Waals surface area contributed by atoms with E-state index in [-0.39, 0.29) is 29.3 Å². The number of carboxylic acids is 1. The minimum atomic E-state index is -4.88. The zero-order chi connectivity index (χ0) is 30.0. The van der Waals surface area contributed by atoms with E-state index in [9.17, 15) is 37.1 Å². The van der Waals surface area contributed by atoms with Gasteiger partial charge in [0.2, 0.25) is 5.91 Å². The Morgan fingerprint density at radius 2 is 1.45 bits per heavy atom. The summed E-state index contributed by atoms with van der Waals surface area (Å²) in [6, 6.07) is 11.6. The highest BCUT2D eigenvalue weighted by Crippen LogP contribution is 2.34. The first kappa shape index (κ1) is 29.3. The highest BCUT2D eigenvalue weighted by atomic mass is 19.4. The number of benzene rings is 2. The largest absolute Gasteiger partial charge is 0.481 e. The molecule has 0 unspecified atom stereocenters. The van der Waals surface area contributed by atoms with E-state index in [4.69, 9.17) is 0 Å². The molecule has 12 heteroatoms. The summed E-state index contributed by atoms with van der Waals surface area (Å²) >= 11 is 0. The molecule has 1 saturated carbocycles. The van der Waals surface area contributed by atoms with Gasteiger partial charge in [-0.15, -0.1) is 0 Å². The molecular formula is C30H30F4N4O4. The maximum absolute atomic E-state index is 13.7. The highest BCUT2D eigenvalue weighted by molar-refractivity contribution is 6.05. The first-order chi connectivity index (χ1) is 20.0. The topological polar surface area (TPSA) is 105 Å². The number of anilines is 1. The number of amides is 2. The number of nitrogens with zero attached hydrogens (tertiary/aromatic N) is 3. The number of hydrogen-bond acceptors (Lipinski definition) is 4. The van der Waals surface area contributed by atoms with Gasteiger partial charge in [0.05, 0.1) is 17.2 Å². The zero-order valence-electron chi connectivity index (χ0n) is 22.6. The second-order valence-electron chi connectivity index (χ2n) is 10.9. The van der Waals surface area contributed by atoms with E-state index < -0.39 is 35.1 Å². The summed E-state index contributed by atoms with van der Waals surface area (Å²) < 4.78 is 55.1. The third-order valence-electron chi connectivity index (χ3n) is 8.19. The van der Waals surface area contributed by atoms with E-state index in [1.54, 1.807) is 12.1 Å². The van der Waals surface area contributed by atoms with Crippen LogP contribution in [0, 0.1) is 17.7 Å². The third kappa shape index (κ3) is 6.47. The van der Waals surface area contributed by atoms with Gasteiger partial charge in [-0.3, -0.25) is 14.4 Å². The van der Waals surface area contributed by atoms with Crippen LogP contribution in [0.4, 0.5) is 23.2 Å². The smallest absolute Gasteiger partial charge is 0.435 e. The number of piperidine rings is 1. The molecule has 2 amide bonds. The van der Waals surface area contributed by atoms with Crippen LogP contribution >= 0.6 is 0 Å². The maximum atomic E-state index is 13.7. The number of carbonyl (C=O) groups excluding carboxylic acids is 2. The summed E-state index contributed by atoms with van der Waals surface area (Å²) in [5.74, 6) is -2.54. The minimum absolute atomic E-state index is 0.0938. The number of carboxylic acid groups (broad SMARTS) is 1. The van der Waals surface area contributed by atoms with E-state index in [1.807, 2.05) is 17.0 Å². The Balaban J connectivity index is 1.19. The predicted octanol–water partition coefficient (Wildman–Crippen LogP) is 5.88. The van der Waals surface area contributed by atoms with Crippen molar-refractivity contribution in [1.29, 1.82) is 0 Å². The molecule has 3 aromatic rings. The monoisotopic (exact) mass is 586 g/mol. The van der Waals surface area contributed by atoms with Gasteiger partial charge < -0.3 is 15.3 Å². The van der Waals surface area contributed by atoms with Crippen molar-refractivity contribution < 1.29 is 37.1 Å². The van der Waals surface area contributed by atoms with E-state index in [0.717, 1.165) is 41.4 Å². The molecule has 1 aliphatic carbocycles. The molecule has 2 fully saturated rings. The number of aliphatic carboxylic acids is 1. The molecule has 1 aromatic heterocycles. The van der Waals surface area contributed by atoms with Crippen molar-refractivity contribution in [3.8, 4) is 5.69 Å². The van der Waals surface area contributed by atoms with Crippen molar-refractivity contribution in [3.05, 3.63) is 77.4 Å². The fourth-order valence-corrected chi connectivity index (χ4v) is 5.79. The Bertz CT molecular complexity index is 1440. The van der Waals surface area contributed by atoms with Gasteiger partial charge in [-0.25, -0.2) is 9.07 Å². The highest BCUT2D eigenvalue weighted by Gasteiger charge is 2.39. The molecule has 0 spiro atoms. The normalized spacial score (nSPS) is 19.9. The van der Waals surface area contributed by atoms with Crippen LogP contribution in [0.5, 0.6) is 0 Å². The molecule has 0 bridgehead atoms. The lowest BCUT2D eigenvalue weighted by Gasteiger charge is -2.36. The van der Waals surface area contributed by atoms with Crippen LogP contribution < -0.4 is 5.32 Å². The Morgan fingerprint density at radius 3 is 2.02 bits per heavy atom. The summed E-state index contributed by atoms with van der Waals surface area (Å²) in [4.78, 5) is 38.9. The second kappa shape index (κ2) is 11.9. The van der Waals surface area contributed by atoms with Gasteiger partial charge in [0.25, 0.3) is 5.91 Å². The summed E-state index contributed by atoms with van der Waals surface area (Å²) in [6.45, 7) is 1.19. The molecule has 2 N–H and O–H groups in total. The van der Waals surface area contributed by atoms with Crippen molar-refractivity contribution in [3.63, 3.8) is 0 Å². The van der Waals surface area contributed by atoms with E-state index in [0.29, 0.717) is 44.5 Å². The third-order valence-corrected chi connectivity index (χ3v) is 8.19. The first-order valence-corrected chi connectivity index (χ1v) is 13.9. The van der Waals surface area contributed by atoms with E-state index in [1.165, 1.54) is 12.1 Å². The molecule has 2 aliphatic rings. The molecule has 5 rings (SSSR count). The molecule has 0 radical (unpaired) electrons. The van der Waals surface area contributed by atoms with Crippen LogP contribution in [0.1, 0.15) is 66.1 Å². The second-order valence-corrected chi connectivity index (χ2v) is 10.9. The Hall–Kier alpha value is -4.22. The quantitative estimate of drug-likeness (QED) is 0.351. The van der Waals surface area contributed by atoms with Crippen molar-refractivity contribution >= 4 is 23.5 Å². The summed E-state index contributed by atoms with van der Waals surface area (Å²) in [6.07, 6.45) is -0.166. The molecule has 42 heavy (non-hydrogen) atoms. The van der Waals surface area contributed by atoms with Crippen LogP contribution in [0.15, 0.2) is 54.7 Å². The number of halogens is 4. The standard InChI is InChI=1S/C30H30F4N4O4/c31-22-7-11-24(12-8-22)38-17-25(26(36-38)30(32,33)34)27(39)35-23-9-5-18(6-10-23)19-13-15-37(16-14-19)28(40)20-1-3-21(4-2-20)29(41)42/h5-12,17,19-21H,1-4,13-16H2,(H,35,39)(H,41,42)/t20-,21+. The lowest BCUT2D eigenvalue weighted by atomic mass is 9.81. The molecular weight excluding hydrogens is 556 g/mol. The van der Waals surface area contributed by atoms with Crippen LogP contribution in [0.2, 0.25) is 0 Å². The van der Waals surface area contributed by atoms with Gasteiger partial charge in [0.1, 0.15) is 5.82 Å². The zero-order valence-corrected chi connectivity index (χ0v) is 22.6. The number of carbonyl (C=O) groups is 3. The van der Waals surface area contributed by atoms with Crippen molar-refractivity contribution in [2.75, 3.05) is 18.4 Å². The summed E-state index contributed by atoms with van der Waals surface area (Å²) in [5, 5.41) is 15.2. The minimum Gasteiger partial charge on any atom is -0.481 e. The molecule has 2 heterocycles. The number of rotatable bonds is 6. The van der Waals surface area contributed by atoms with Crippen LogP contribution in [0.25, 0.3) is 5.69 Å². The molecule has 1 aliphatic heterocycles. The Morgan fingerprint density at radius 1 is 0.857 bits per heavy atom. The maximum Gasteiger partial charge on any atom is 0.435 e. The summed E-state index contributed by atoms with van der Waals surface area (Å²) in [5.41, 5.74) is -0.525. The number of nitrogens with one attached hydrogen (secondary N) is 1. The van der Waals surface area contributed by atoms with E-state index in [2.05, 4.69) is 10.4 Å². The molecule has 8 nitrogen and oxygen atoms in total. The van der Waals surface area contributed by atoms with Gasteiger partial charge in [-0.2, -0.15) is 18.3 Å². The number of alkyl halides is 3. The van der Waals surface area contributed by atoms with Gasteiger partial charge in [0.15, 0.2) is 5.69 Å². The van der Waals surface area contributed by atoms with Gasteiger partial charge in [-0.1, -0.05) is 12.1 Å². The lowest BCUT2D eigenvalue weighted by molar-refractivity contribution is -0.146.